The van der Waals surface area contributed by atoms with Crippen LogP contribution in [0.15, 0.2) is 47.3 Å². The molecule has 3 heterocycles. The lowest BCUT2D eigenvalue weighted by atomic mass is 10.1. The van der Waals surface area contributed by atoms with Gasteiger partial charge in [0.1, 0.15) is 12.1 Å². The highest BCUT2D eigenvalue weighted by Crippen LogP contribution is 2.35. The molecule has 12 nitrogen and oxygen atoms in total. The summed E-state index contributed by atoms with van der Waals surface area (Å²) in [5, 5.41) is 17.3. The van der Waals surface area contributed by atoms with Crippen molar-refractivity contribution in [3.8, 4) is 35.1 Å². The zero-order valence-corrected chi connectivity index (χ0v) is 19.3. The molecule has 0 aliphatic rings. The highest BCUT2D eigenvalue weighted by atomic mass is 32.2. The molecule has 0 saturated carbocycles. The molecule has 14 heteroatoms. The van der Waals surface area contributed by atoms with E-state index < -0.39 is 21.6 Å². The molecular formula is C21H18FN7O5S. The molecule has 0 spiro atoms. The van der Waals surface area contributed by atoms with E-state index in [0.29, 0.717) is 5.56 Å². The number of methoxy groups -OCH3 is 2. The molecule has 4 rings (SSSR count). The zero-order chi connectivity index (χ0) is 25.0. The summed E-state index contributed by atoms with van der Waals surface area (Å²) in [5.41, 5.74) is 0.577. The number of nitrogens with zero attached hydrogens (tertiary/aromatic N) is 6. The Morgan fingerprint density at radius 2 is 1.91 bits per heavy atom. The summed E-state index contributed by atoms with van der Waals surface area (Å²) >= 11 is 0. The van der Waals surface area contributed by atoms with Crippen molar-refractivity contribution in [2.45, 2.75) is 6.42 Å². The van der Waals surface area contributed by atoms with Crippen LogP contribution in [0.5, 0.6) is 11.8 Å². The lowest BCUT2D eigenvalue weighted by Crippen LogP contribution is -2.21. The van der Waals surface area contributed by atoms with Gasteiger partial charge in [-0.15, -0.1) is 10.2 Å². The van der Waals surface area contributed by atoms with Crippen LogP contribution in [0.3, 0.4) is 0 Å². The van der Waals surface area contributed by atoms with E-state index in [1.165, 1.54) is 37.4 Å². The first-order chi connectivity index (χ1) is 16.9. The van der Waals surface area contributed by atoms with Crippen LogP contribution < -0.4 is 14.2 Å². The van der Waals surface area contributed by atoms with Crippen LogP contribution in [-0.2, 0) is 16.4 Å². The number of furan rings is 1. The molecule has 3 aromatic heterocycles. The Kier molecular flexibility index (Phi) is 6.60. The van der Waals surface area contributed by atoms with Crippen molar-refractivity contribution in [3.05, 3.63) is 59.9 Å². The maximum atomic E-state index is 13.4. The number of benzene rings is 1. The molecule has 0 atom stereocenters. The lowest BCUT2D eigenvalue weighted by molar-refractivity contribution is 0.368. The van der Waals surface area contributed by atoms with Gasteiger partial charge in [-0.3, -0.25) is 4.72 Å². The van der Waals surface area contributed by atoms with E-state index in [4.69, 9.17) is 13.9 Å². The third kappa shape index (κ3) is 4.89. The third-order valence-corrected chi connectivity index (χ3v) is 6.08. The summed E-state index contributed by atoms with van der Waals surface area (Å²) in [5.74, 6) is -0.675. The van der Waals surface area contributed by atoms with Gasteiger partial charge in [-0.25, -0.2) is 17.4 Å². The van der Waals surface area contributed by atoms with Gasteiger partial charge in [0.05, 0.1) is 37.9 Å². The number of ether oxygens (including phenoxy) is 2. The Bertz CT molecular complexity index is 1470. The lowest BCUT2D eigenvalue weighted by Gasteiger charge is -2.15. The second-order valence-electron chi connectivity index (χ2n) is 6.98. The predicted octanol–water partition coefficient (Wildman–Crippen LogP) is 2.33. The highest BCUT2D eigenvalue weighted by Gasteiger charge is 2.27. The smallest absolute Gasteiger partial charge is 0.245 e. The minimum atomic E-state index is -4.02. The summed E-state index contributed by atoms with van der Waals surface area (Å²) in [4.78, 5) is 8.13. The van der Waals surface area contributed by atoms with Crippen molar-refractivity contribution in [1.29, 1.82) is 5.26 Å². The first kappa shape index (κ1) is 23.6. The van der Waals surface area contributed by atoms with Gasteiger partial charge in [-0.05, 0) is 36.2 Å². The number of nitrogens with one attached hydrogen (secondary N) is 1. The van der Waals surface area contributed by atoms with Crippen molar-refractivity contribution in [2.75, 3.05) is 24.7 Å². The van der Waals surface area contributed by atoms with Crippen molar-refractivity contribution in [2.24, 2.45) is 0 Å². The summed E-state index contributed by atoms with van der Waals surface area (Å²) in [7, 11) is -1.27. The topological polar surface area (TPSA) is 158 Å². The number of hydrogen-bond donors (Lipinski definition) is 1. The van der Waals surface area contributed by atoms with E-state index in [0.717, 1.165) is 12.1 Å². The number of hydrogen-bond acceptors (Lipinski definition) is 10. The van der Waals surface area contributed by atoms with E-state index >= 15 is 0 Å². The van der Waals surface area contributed by atoms with Gasteiger partial charge in [-0.1, -0.05) is 6.07 Å². The minimum Gasteiger partial charge on any atom is -0.479 e. The molecule has 0 aliphatic heterocycles. The maximum Gasteiger partial charge on any atom is 0.245 e. The molecule has 35 heavy (non-hydrogen) atoms. The van der Waals surface area contributed by atoms with Gasteiger partial charge in [0.25, 0.3) is 0 Å². The molecule has 1 aromatic carbocycles. The first-order valence-electron chi connectivity index (χ1n) is 9.98. The molecule has 0 unspecified atom stereocenters. The summed E-state index contributed by atoms with van der Waals surface area (Å²) < 4.78 is 59.1. The second kappa shape index (κ2) is 9.77. The number of halogens is 1. The third-order valence-electron chi connectivity index (χ3n) is 4.85. The zero-order valence-electron chi connectivity index (χ0n) is 18.5. The summed E-state index contributed by atoms with van der Waals surface area (Å²) in [6.07, 6.45) is 2.60. The van der Waals surface area contributed by atoms with Crippen LogP contribution in [0.25, 0.3) is 17.3 Å². The Labute approximate surface area is 199 Å². The van der Waals surface area contributed by atoms with E-state index in [2.05, 4.69) is 24.9 Å². The molecule has 1 N–H and O–H groups in total. The summed E-state index contributed by atoms with van der Waals surface area (Å²) in [6.45, 7) is 0. The van der Waals surface area contributed by atoms with Crippen LogP contribution >= 0.6 is 0 Å². The monoisotopic (exact) mass is 499 g/mol. The predicted molar refractivity (Wildman–Crippen MR) is 120 cm³/mol. The van der Waals surface area contributed by atoms with Gasteiger partial charge >= 0.3 is 0 Å². The molecule has 0 bridgehead atoms. The van der Waals surface area contributed by atoms with Gasteiger partial charge in [0, 0.05) is 0 Å². The van der Waals surface area contributed by atoms with E-state index in [9.17, 15) is 18.1 Å². The molecule has 0 aliphatic carbocycles. The molecule has 0 radical (unpaired) electrons. The highest BCUT2D eigenvalue weighted by molar-refractivity contribution is 7.92. The van der Waals surface area contributed by atoms with Gasteiger partial charge in [-0.2, -0.15) is 15.2 Å². The van der Waals surface area contributed by atoms with Crippen molar-refractivity contribution < 1.29 is 26.7 Å². The average molecular weight is 499 g/mol. The Balaban J connectivity index is 1.73. The van der Waals surface area contributed by atoms with E-state index in [1.807, 2.05) is 6.07 Å². The molecule has 180 valence electrons. The maximum absolute atomic E-state index is 13.4. The van der Waals surface area contributed by atoms with Crippen LogP contribution in [0, 0.1) is 17.1 Å². The number of nitriles is 1. The normalized spacial score (nSPS) is 11.1. The number of rotatable bonds is 9. The van der Waals surface area contributed by atoms with Crippen LogP contribution in [0.1, 0.15) is 11.1 Å². The fourth-order valence-electron chi connectivity index (χ4n) is 3.27. The van der Waals surface area contributed by atoms with Crippen molar-refractivity contribution in [1.82, 2.24) is 24.7 Å². The standard InChI is InChI=1S/C21H18FN7O5S/c1-32-19-17(20(33-2)25-12-24-19)29-18(16-4-3-8-34-16)26-27-21(29)28-35(30,31)9-7-13-5-6-15(22)10-14(13)11-23/h3-6,8,10,12H,7,9H2,1-2H3,(H,27,28). The van der Waals surface area contributed by atoms with Crippen LogP contribution in [-0.4, -0.2) is 53.1 Å². The fraction of sp³-hybridized carbons (Fsp3) is 0.190. The van der Waals surface area contributed by atoms with E-state index in [1.54, 1.807) is 12.1 Å². The molecular weight excluding hydrogens is 481 g/mol. The van der Waals surface area contributed by atoms with Crippen molar-refractivity contribution in [3.63, 3.8) is 0 Å². The number of anilines is 1. The van der Waals surface area contributed by atoms with Gasteiger partial charge in [0.2, 0.25) is 33.6 Å². The Hall–Kier alpha value is -4.51. The van der Waals surface area contributed by atoms with Gasteiger partial charge in [0.15, 0.2) is 11.4 Å². The van der Waals surface area contributed by atoms with Crippen molar-refractivity contribution >= 4 is 16.0 Å². The molecule has 4 aromatic rings. The molecule has 0 fully saturated rings. The van der Waals surface area contributed by atoms with Crippen LogP contribution in [0.4, 0.5) is 10.3 Å². The SMILES string of the molecule is COc1ncnc(OC)c1-n1c(NS(=O)(=O)CCc2ccc(F)cc2C#N)nnc1-c1ccco1. The Morgan fingerprint density at radius 3 is 2.54 bits per heavy atom. The largest absolute Gasteiger partial charge is 0.479 e. The summed E-state index contributed by atoms with van der Waals surface area (Å²) in [6, 6.07) is 8.69. The fourth-order valence-corrected chi connectivity index (χ4v) is 4.27. The quantitative estimate of drug-likeness (QED) is 0.362. The number of aryl methyl sites for hydroxylation is 1. The molecule has 0 amide bonds. The minimum absolute atomic E-state index is 0.0429. The van der Waals surface area contributed by atoms with Gasteiger partial charge < -0.3 is 13.9 Å². The Morgan fingerprint density at radius 1 is 1.17 bits per heavy atom. The average Bonchev–Trinajstić information content (AvgIpc) is 3.52. The number of sulfonamides is 1. The van der Waals surface area contributed by atoms with E-state index in [-0.39, 0.29) is 47.0 Å². The number of aromatic nitrogens is 5. The first-order valence-corrected chi connectivity index (χ1v) is 11.6. The molecule has 0 saturated heterocycles. The second-order valence-corrected chi connectivity index (χ2v) is 8.83. The van der Waals surface area contributed by atoms with Crippen LogP contribution in [0.2, 0.25) is 0 Å².